The molecule has 2 aliphatic heterocycles. The van der Waals surface area contributed by atoms with Gasteiger partial charge in [0.05, 0.1) is 23.1 Å². The van der Waals surface area contributed by atoms with Crippen molar-refractivity contribution >= 4 is 16.9 Å². The van der Waals surface area contributed by atoms with Crippen LogP contribution >= 0.6 is 0 Å². The molecule has 0 N–H and O–H groups in total. The van der Waals surface area contributed by atoms with Crippen LogP contribution in [0.1, 0.15) is 66.4 Å². The Balaban J connectivity index is 1.14. The Labute approximate surface area is 199 Å². The Morgan fingerprint density at radius 3 is 2.74 bits per heavy atom. The zero-order chi connectivity index (χ0) is 23.7. The predicted molar refractivity (Wildman–Crippen MR) is 127 cm³/mol. The second-order valence-electron chi connectivity index (χ2n) is 9.38. The Morgan fingerprint density at radius 2 is 1.97 bits per heavy atom. The summed E-state index contributed by atoms with van der Waals surface area (Å²) in [4.78, 5) is 17.7. The minimum Gasteiger partial charge on any atom is -0.375 e. The quantitative estimate of drug-likeness (QED) is 0.508. The number of rotatable bonds is 7. The van der Waals surface area contributed by atoms with E-state index in [1.54, 1.807) is 13.2 Å². The van der Waals surface area contributed by atoms with E-state index >= 15 is 0 Å². The van der Waals surface area contributed by atoms with Gasteiger partial charge < -0.3 is 23.6 Å². The van der Waals surface area contributed by atoms with E-state index in [1.165, 1.54) is 12.1 Å². The molecule has 0 radical (unpaired) electrons. The third kappa shape index (κ3) is 4.36. The first kappa shape index (κ1) is 23.1. The molecule has 5 rings (SSSR count). The molecule has 182 valence electrons. The molecule has 0 saturated carbocycles. The third-order valence-electron chi connectivity index (χ3n) is 7.45. The minimum atomic E-state index is -0.301. The SMILES string of the molecule is CCn1ccc2c1C(OC)CCN(CCCN1CCC(c3noc4cc(F)ccc34)CC1)C2=O. The van der Waals surface area contributed by atoms with Crippen LogP contribution in [-0.4, -0.2) is 65.3 Å². The number of methoxy groups -OCH3 is 1. The number of hydrogen-bond donors (Lipinski definition) is 0. The van der Waals surface area contributed by atoms with E-state index in [2.05, 4.69) is 21.5 Å². The number of nitrogens with zero attached hydrogens (tertiary/aromatic N) is 4. The number of likely N-dealkylation sites (tertiary alicyclic amines) is 1. The molecule has 0 aliphatic carbocycles. The van der Waals surface area contributed by atoms with Crippen molar-refractivity contribution < 1.29 is 18.4 Å². The second kappa shape index (κ2) is 9.88. The maximum atomic E-state index is 13.4. The highest BCUT2D eigenvalue weighted by molar-refractivity contribution is 5.96. The van der Waals surface area contributed by atoms with Gasteiger partial charge in [-0.05, 0) is 70.4 Å². The third-order valence-corrected chi connectivity index (χ3v) is 7.45. The van der Waals surface area contributed by atoms with E-state index in [0.29, 0.717) is 11.5 Å². The molecule has 2 aromatic heterocycles. The number of ether oxygens (including phenoxy) is 1. The van der Waals surface area contributed by atoms with E-state index in [1.807, 2.05) is 17.2 Å². The van der Waals surface area contributed by atoms with Crippen molar-refractivity contribution in [3.63, 3.8) is 0 Å². The molecule has 1 fully saturated rings. The zero-order valence-electron chi connectivity index (χ0n) is 20.0. The van der Waals surface area contributed by atoms with Crippen molar-refractivity contribution in [3.05, 3.63) is 53.2 Å². The van der Waals surface area contributed by atoms with Gasteiger partial charge in [0.2, 0.25) is 0 Å². The summed E-state index contributed by atoms with van der Waals surface area (Å²) in [7, 11) is 1.73. The number of carbonyl (C=O) groups excluding carboxylic acids is 1. The van der Waals surface area contributed by atoms with E-state index in [9.17, 15) is 9.18 Å². The number of benzene rings is 1. The number of amides is 1. The number of carbonyl (C=O) groups is 1. The summed E-state index contributed by atoms with van der Waals surface area (Å²) < 4.78 is 26.7. The summed E-state index contributed by atoms with van der Waals surface area (Å²) >= 11 is 0. The molecule has 0 bridgehead atoms. The topological polar surface area (TPSA) is 63.7 Å². The molecule has 4 heterocycles. The highest BCUT2D eigenvalue weighted by atomic mass is 19.1. The van der Waals surface area contributed by atoms with Gasteiger partial charge in [0.15, 0.2) is 5.58 Å². The first-order valence-corrected chi connectivity index (χ1v) is 12.4. The minimum absolute atomic E-state index is 0.0398. The van der Waals surface area contributed by atoms with Crippen LogP contribution in [-0.2, 0) is 11.3 Å². The summed E-state index contributed by atoms with van der Waals surface area (Å²) in [6, 6.07) is 6.59. The summed E-state index contributed by atoms with van der Waals surface area (Å²) in [5.41, 5.74) is 3.27. The fraction of sp³-hybridized carbons (Fsp3) is 0.538. The summed E-state index contributed by atoms with van der Waals surface area (Å²) in [5.74, 6) is 0.154. The molecule has 8 heteroatoms. The molecule has 1 atom stereocenters. The number of aryl methyl sites for hydroxylation is 1. The van der Waals surface area contributed by atoms with Crippen molar-refractivity contribution in [2.75, 3.05) is 39.8 Å². The molecule has 1 saturated heterocycles. The first-order chi connectivity index (χ1) is 16.6. The van der Waals surface area contributed by atoms with Crippen LogP contribution < -0.4 is 0 Å². The lowest BCUT2D eigenvalue weighted by atomic mass is 9.91. The van der Waals surface area contributed by atoms with Crippen LogP contribution in [0, 0.1) is 5.82 Å². The van der Waals surface area contributed by atoms with Gasteiger partial charge in [-0.3, -0.25) is 4.79 Å². The van der Waals surface area contributed by atoms with E-state index in [-0.39, 0.29) is 17.8 Å². The highest BCUT2D eigenvalue weighted by Gasteiger charge is 2.31. The van der Waals surface area contributed by atoms with Crippen LogP contribution in [0.25, 0.3) is 11.0 Å². The normalized spacial score (nSPS) is 20.1. The number of fused-ring (bicyclic) bond motifs is 2. The van der Waals surface area contributed by atoms with E-state index < -0.39 is 0 Å². The van der Waals surface area contributed by atoms with Crippen LogP contribution in [0.5, 0.6) is 0 Å². The molecular formula is C26H33FN4O3. The van der Waals surface area contributed by atoms with E-state index in [0.717, 1.165) is 87.3 Å². The average Bonchev–Trinajstić information content (AvgIpc) is 3.44. The zero-order valence-corrected chi connectivity index (χ0v) is 20.0. The molecule has 1 amide bonds. The fourth-order valence-electron chi connectivity index (χ4n) is 5.56. The monoisotopic (exact) mass is 468 g/mol. The predicted octanol–water partition coefficient (Wildman–Crippen LogP) is 4.59. The number of halogens is 1. The average molecular weight is 469 g/mol. The van der Waals surface area contributed by atoms with Gasteiger partial charge in [0.25, 0.3) is 5.91 Å². The van der Waals surface area contributed by atoms with Gasteiger partial charge in [-0.2, -0.15) is 0 Å². The van der Waals surface area contributed by atoms with Crippen LogP contribution in [0.4, 0.5) is 4.39 Å². The van der Waals surface area contributed by atoms with Crippen LogP contribution in [0.15, 0.2) is 35.0 Å². The fourth-order valence-corrected chi connectivity index (χ4v) is 5.56. The molecule has 7 nitrogen and oxygen atoms in total. The summed E-state index contributed by atoms with van der Waals surface area (Å²) in [6.07, 6.45) is 5.74. The lowest BCUT2D eigenvalue weighted by Crippen LogP contribution is -2.37. The Morgan fingerprint density at radius 1 is 1.15 bits per heavy atom. The molecular weight excluding hydrogens is 435 g/mol. The largest absolute Gasteiger partial charge is 0.375 e. The number of aromatic nitrogens is 2. The molecule has 1 unspecified atom stereocenters. The Bertz CT molecular complexity index is 1150. The first-order valence-electron chi connectivity index (χ1n) is 12.4. The molecule has 2 aliphatic rings. The summed E-state index contributed by atoms with van der Waals surface area (Å²) in [6.45, 7) is 7.35. The van der Waals surface area contributed by atoms with Crippen molar-refractivity contribution in [2.24, 2.45) is 0 Å². The molecule has 3 aromatic rings. The maximum Gasteiger partial charge on any atom is 0.255 e. The second-order valence-corrected chi connectivity index (χ2v) is 9.38. The highest BCUT2D eigenvalue weighted by Crippen LogP contribution is 2.33. The van der Waals surface area contributed by atoms with Crippen molar-refractivity contribution in [1.82, 2.24) is 19.5 Å². The van der Waals surface area contributed by atoms with Crippen molar-refractivity contribution in [1.29, 1.82) is 0 Å². The Kier molecular flexibility index (Phi) is 6.70. The molecule has 1 aromatic carbocycles. The lowest BCUT2D eigenvalue weighted by Gasteiger charge is -2.31. The summed E-state index contributed by atoms with van der Waals surface area (Å²) in [5, 5.41) is 5.17. The molecule has 0 spiro atoms. The maximum absolute atomic E-state index is 13.4. The van der Waals surface area contributed by atoms with Crippen LogP contribution in [0.3, 0.4) is 0 Å². The molecule has 34 heavy (non-hydrogen) atoms. The Hall–Kier alpha value is -2.71. The van der Waals surface area contributed by atoms with Gasteiger partial charge in [0, 0.05) is 50.3 Å². The van der Waals surface area contributed by atoms with Crippen LogP contribution in [0.2, 0.25) is 0 Å². The van der Waals surface area contributed by atoms with Gasteiger partial charge in [-0.15, -0.1) is 0 Å². The van der Waals surface area contributed by atoms with Gasteiger partial charge >= 0.3 is 0 Å². The van der Waals surface area contributed by atoms with Gasteiger partial charge in [0.1, 0.15) is 5.82 Å². The van der Waals surface area contributed by atoms with Gasteiger partial charge in [-0.1, -0.05) is 5.16 Å². The van der Waals surface area contributed by atoms with E-state index in [4.69, 9.17) is 9.26 Å². The van der Waals surface area contributed by atoms with Crippen molar-refractivity contribution in [2.45, 2.75) is 51.2 Å². The van der Waals surface area contributed by atoms with Crippen molar-refractivity contribution in [3.8, 4) is 0 Å². The standard InChI is InChI=1S/C26H33FN4O3/c1-3-30-15-9-21-25(30)22(33-2)10-16-31(26(21)32)12-4-11-29-13-7-18(8-14-29)24-20-6-5-19(27)17-23(20)34-28-24/h5-6,9,15,17-18,22H,3-4,7-8,10-14,16H2,1-2H3. The number of hydrogen-bond acceptors (Lipinski definition) is 5. The smallest absolute Gasteiger partial charge is 0.255 e. The van der Waals surface area contributed by atoms with Gasteiger partial charge in [-0.25, -0.2) is 4.39 Å². The number of piperidine rings is 1. The lowest BCUT2D eigenvalue weighted by molar-refractivity contribution is 0.0685.